The molecule has 0 unspecified atom stereocenters. The SMILES string of the molecule is O=C(COC(=O)C(c1ccccc1)c1ccccc1)c1ccc(OC(=O)c2ccccc2)cc1. The normalized spacial score (nSPS) is 10.5. The molecule has 0 aromatic heterocycles. The minimum atomic E-state index is -0.630. The van der Waals surface area contributed by atoms with Crippen molar-refractivity contribution >= 4 is 17.7 Å². The van der Waals surface area contributed by atoms with Gasteiger partial charge >= 0.3 is 11.9 Å². The minimum absolute atomic E-state index is 0.315. The van der Waals surface area contributed by atoms with Gasteiger partial charge in [0.25, 0.3) is 0 Å². The average molecular weight is 450 g/mol. The lowest BCUT2D eigenvalue weighted by atomic mass is 9.91. The van der Waals surface area contributed by atoms with Crippen LogP contribution >= 0.6 is 0 Å². The van der Waals surface area contributed by atoms with Gasteiger partial charge in [0, 0.05) is 5.56 Å². The molecule has 0 heterocycles. The first-order valence-electron chi connectivity index (χ1n) is 10.8. The van der Waals surface area contributed by atoms with E-state index in [0.29, 0.717) is 16.9 Å². The lowest BCUT2D eigenvalue weighted by molar-refractivity contribution is -0.143. The molecule has 0 bridgehead atoms. The zero-order valence-corrected chi connectivity index (χ0v) is 18.3. The second kappa shape index (κ2) is 10.9. The molecule has 5 nitrogen and oxygen atoms in total. The molecule has 0 atom stereocenters. The number of ether oxygens (including phenoxy) is 2. The molecular formula is C29H22O5. The number of carbonyl (C=O) groups excluding carboxylic acids is 3. The fourth-order valence-electron chi connectivity index (χ4n) is 3.51. The average Bonchev–Trinajstić information content (AvgIpc) is 2.89. The third-order valence-electron chi connectivity index (χ3n) is 5.24. The number of hydrogen-bond acceptors (Lipinski definition) is 5. The zero-order chi connectivity index (χ0) is 23.8. The summed E-state index contributed by atoms with van der Waals surface area (Å²) in [6, 6.07) is 33.4. The molecule has 0 N–H and O–H groups in total. The van der Waals surface area contributed by atoms with Crippen LogP contribution < -0.4 is 4.74 Å². The highest BCUT2D eigenvalue weighted by atomic mass is 16.5. The second-order valence-electron chi connectivity index (χ2n) is 7.57. The molecule has 4 rings (SSSR count). The van der Waals surface area contributed by atoms with Gasteiger partial charge in [0.1, 0.15) is 11.7 Å². The van der Waals surface area contributed by atoms with Crippen molar-refractivity contribution < 1.29 is 23.9 Å². The van der Waals surface area contributed by atoms with Gasteiger partial charge < -0.3 is 9.47 Å². The molecule has 0 saturated carbocycles. The fraction of sp³-hybridized carbons (Fsp3) is 0.0690. The molecule has 4 aromatic carbocycles. The van der Waals surface area contributed by atoms with Gasteiger partial charge in [-0.05, 0) is 47.5 Å². The summed E-state index contributed by atoms with van der Waals surface area (Å²) in [5.41, 5.74) is 2.36. The predicted molar refractivity (Wildman–Crippen MR) is 128 cm³/mol. The molecular weight excluding hydrogens is 428 g/mol. The van der Waals surface area contributed by atoms with E-state index in [1.54, 1.807) is 24.3 Å². The molecule has 0 aliphatic rings. The van der Waals surface area contributed by atoms with Crippen molar-refractivity contribution in [2.24, 2.45) is 0 Å². The summed E-state index contributed by atoms with van der Waals surface area (Å²) in [5.74, 6) is -1.65. The van der Waals surface area contributed by atoms with E-state index >= 15 is 0 Å². The monoisotopic (exact) mass is 450 g/mol. The van der Waals surface area contributed by atoms with Crippen molar-refractivity contribution in [2.45, 2.75) is 5.92 Å². The number of esters is 2. The predicted octanol–water partition coefficient (Wildman–Crippen LogP) is 5.46. The Bertz CT molecular complexity index is 1210. The summed E-state index contributed by atoms with van der Waals surface area (Å²) in [4.78, 5) is 37.7. The largest absolute Gasteiger partial charge is 0.457 e. The van der Waals surface area contributed by atoms with Crippen LogP contribution in [0.2, 0.25) is 0 Å². The third kappa shape index (κ3) is 5.64. The number of carbonyl (C=O) groups is 3. The van der Waals surface area contributed by atoms with Crippen molar-refractivity contribution in [1.29, 1.82) is 0 Å². The summed E-state index contributed by atoms with van der Waals surface area (Å²) >= 11 is 0. The van der Waals surface area contributed by atoms with E-state index in [4.69, 9.17) is 9.47 Å². The second-order valence-corrected chi connectivity index (χ2v) is 7.57. The van der Waals surface area contributed by atoms with Crippen LogP contribution in [0.15, 0.2) is 115 Å². The van der Waals surface area contributed by atoms with Crippen LogP contribution in [0.25, 0.3) is 0 Å². The summed E-state index contributed by atoms with van der Waals surface area (Å²) in [6.07, 6.45) is 0. The number of Topliss-reactive ketones (excluding diaryl/α,β-unsaturated/α-hetero) is 1. The Kier molecular flexibility index (Phi) is 7.25. The van der Waals surface area contributed by atoms with Crippen LogP contribution in [0.1, 0.15) is 37.8 Å². The molecule has 0 amide bonds. The number of ketones is 1. The quantitative estimate of drug-likeness (QED) is 0.202. The van der Waals surface area contributed by atoms with Gasteiger partial charge in [-0.2, -0.15) is 0 Å². The molecule has 4 aromatic rings. The smallest absolute Gasteiger partial charge is 0.343 e. The zero-order valence-electron chi connectivity index (χ0n) is 18.3. The van der Waals surface area contributed by atoms with Crippen LogP contribution in [0.4, 0.5) is 0 Å². The van der Waals surface area contributed by atoms with E-state index in [0.717, 1.165) is 11.1 Å². The van der Waals surface area contributed by atoms with E-state index in [1.807, 2.05) is 66.7 Å². The van der Waals surface area contributed by atoms with Crippen molar-refractivity contribution in [3.05, 3.63) is 138 Å². The van der Waals surface area contributed by atoms with Gasteiger partial charge in [-0.1, -0.05) is 78.9 Å². The highest BCUT2D eigenvalue weighted by Gasteiger charge is 2.25. The first-order chi connectivity index (χ1) is 16.6. The lowest BCUT2D eigenvalue weighted by Gasteiger charge is -2.17. The minimum Gasteiger partial charge on any atom is -0.457 e. The van der Waals surface area contributed by atoms with Crippen LogP contribution in [-0.4, -0.2) is 24.3 Å². The van der Waals surface area contributed by atoms with E-state index in [2.05, 4.69) is 0 Å². The van der Waals surface area contributed by atoms with Crippen molar-refractivity contribution in [3.8, 4) is 5.75 Å². The molecule has 0 aliphatic heterocycles. The lowest BCUT2D eigenvalue weighted by Crippen LogP contribution is -2.21. The number of benzene rings is 4. The first-order valence-corrected chi connectivity index (χ1v) is 10.8. The van der Waals surface area contributed by atoms with Gasteiger partial charge in [-0.25, -0.2) is 4.79 Å². The van der Waals surface area contributed by atoms with Crippen molar-refractivity contribution in [3.63, 3.8) is 0 Å². The number of rotatable bonds is 8. The Morgan fingerprint density at radius 3 is 1.62 bits per heavy atom. The molecule has 34 heavy (non-hydrogen) atoms. The highest BCUT2D eigenvalue weighted by Crippen LogP contribution is 2.26. The Labute approximate surface area is 197 Å². The summed E-state index contributed by atoms with van der Waals surface area (Å²) in [5, 5.41) is 0. The Morgan fingerprint density at radius 2 is 1.09 bits per heavy atom. The summed E-state index contributed by atoms with van der Waals surface area (Å²) < 4.78 is 10.7. The molecule has 0 spiro atoms. The van der Waals surface area contributed by atoms with Gasteiger partial charge in [-0.3, -0.25) is 9.59 Å². The van der Waals surface area contributed by atoms with Gasteiger partial charge in [0.15, 0.2) is 12.4 Å². The standard InChI is InChI=1S/C29H22O5/c30-26(21-16-18-25(19-17-21)34-28(31)24-14-8-3-9-15-24)20-33-29(32)27(22-10-4-1-5-11-22)23-12-6-2-7-13-23/h1-19,27H,20H2. The topological polar surface area (TPSA) is 69.7 Å². The van der Waals surface area contributed by atoms with Crippen LogP contribution in [0.3, 0.4) is 0 Å². The highest BCUT2D eigenvalue weighted by molar-refractivity contribution is 5.98. The van der Waals surface area contributed by atoms with E-state index in [9.17, 15) is 14.4 Å². The van der Waals surface area contributed by atoms with E-state index in [-0.39, 0.29) is 5.78 Å². The summed E-state index contributed by atoms with van der Waals surface area (Å²) in [7, 11) is 0. The molecule has 0 radical (unpaired) electrons. The number of hydrogen-bond donors (Lipinski definition) is 0. The van der Waals surface area contributed by atoms with Crippen LogP contribution in [-0.2, 0) is 9.53 Å². The summed E-state index contributed by atoms with van der Waals surface area (Å²) in [6.45, 7) is -0.391. The van der Waals surface area contributed by atoms with Gasteiger partial charge in [-0.15, -0.1) is 0 Å². The molecule has 0 saturated heterocycles. The van der Waals surface area contributed by atoms with Crippen LogP contribution in [0, 0.1) is 0 Å². The van der Waals surface area contributed by atoms with Gasteiger partial charge in [0.05, 0.1) is 5.56 Å². The Hall–Kier alpha value is -4.51. The molecule has 0 fully saturated rings. The maximum absolute atomic E-state index is 13.0. The van der Waals surface area contributed by atoms with Crippen LogP contribution in [0.5, 0.6) is 5.75 Å². The Morgan fingerprint density at radius 1 is 0.588 bits per heavy atom. The molecule has 168 valence electrons. The Balaban J connectivity index is 1.39. The maximum Gasteiger partial charge on any atom is 0.343 e. The van der Waals surface area contributed by atoms with Crippen molar-refractivity contribution in [2.75, 3.05) is 6.61 Å². The maximum atomic E-state index is 13.0. The molecule has 0 aliphatic carbocycles. The van der Waals surface area contributed by atoms with Gasteiger partial charge in [0.2, 0.25) is 0 Å². The first kappa shape index (κ1) is 22.7. The third-order valence-corrected chi connectivity index (χ3v) is 5.24. The van der Waals surface area contributed by atoms with Crippen molar-refractivity contribution in [1.82, 2.24) is 0 Å². The van der Waals surface area contributed by atoms with E-state index in [1.165, 1.54) is 24.3 Å². The molecule has 5 heteroatoms. The fourth-order valence-corrected chi connectivity index (χ4v) is 3.51. The van der Waals surface area contributed by atoms with E-state index < -0.39 is 24.5 Å².